The fraction of sp³-hybridized carbons (Fsp3) is 0.333. The number of hydrogen-bond acceptors (Lipinski definition) is 5. The first-order chi connectivity index (χ1) is 9.62. The van der Waals surface area contributed by atoms with E-state index < -0.39 is 0 Å². The number of nitrogens with one attached hydrogen (secondary N) is 2. The van der Waals surface area contributed by atoms with Crippen LogP contribution in [-0.2, 0) is 0 Å². The summed E-state index contributed by atoms with van der Waals surface area (Å²) in [6.07, 6.45) is 0. The third-order valence-electron chi connectivity index (χ3n) is 2.88. The van der Waals surface area contributed by atoms with Gasteiger partial charge in [0.15, 0.2) is 0 Å². The lowest BCUT2D eigenvalue weighted by Gasteiger charge is -2.11. The average molecular weight is 272 g/mol. The molecule has 0 radical (unpaired) electrons. The summed E-state index contributed by atoms with van der Waals surface area (Å²) in [5, 5.41) is 6.33. The summed E-state index contributed by atoms with van der Waals surface area (Å²) in [4.78, 5) is 8.96. The Kier molecular flexibility index (Phi) is 4.40. The van der Waals surface area contributed by atoms with Crippen molar-refractivity contribution in [2.75, 3.05) is 24.8 Å². The summed E-state index contributed by atoms with van der Waals surface area (Å²) in [7, 11) is 3.50. The van der Waals surface area contributed by atoms with Crippen LogP contribution in [0.3, 0.4) is 0 Å². The molecule has 0 spiro atoms. The number of anilines is 3. The van der Waals surface area contributed by atoms with Gasteiger partial charge in [0.25, 0.3) is 0 Å². The molecular formula is C15H20N4O. The van der Waals surface area contributed by atoms with Crippen molar-refractivity contribution in [3.8, 4) is 5.75 Å². The molecule has 2 rings (SSSR count). The summed E-state index contributed by atoms with van der Waals surface area (Å²) in [6, 6.07) is 9.61. The van der Waals surface area contributed by atoms with Gasteiger partial charge in [-0.15, -0.1) is 0 Å². The lowest BCUT2D eigenvalue weighted by Crippen LogP contribution is -2.05. The van der Waals surface area contributed by atoms with E-state index >= 15 is 0 Å². The molecule has 5 nitrogen and oxygen atoms in total. The first kappa shape index (κ1) is 14.1. The van der Waals surface area contributed by atoms with Gasteiger partial charge in [0.2, 0.25) is 0 Å². The number of methoxy groups -OCH3 is 1. The number of benzene rings is 1. The Morgan fingerprint density at radius 1 is 1.05 bits per heavy atom. The average Bonchev–Trinajstić information content (AvgIpc) is 2.47. The normalized spacial score (nSPS) is 10.4. The van der Waals surface area contributed by atoms with Crippen molar-refractivity contribution >= 4 is 17.3 Å². The topological polar surface area (TPSA) is 59.1 Å². The van der Waals surface area contributed by atoms with E-state index in [1.165, 1.54) is 0 Å². The van der Waals surface area contributed by atoms with E-state index in [-0.39, 0.29) is 5.92 Å². The maximum absolute atomic E-state index is 5.14. The highest BCUT2D eigenvalue weighted by atomic mass is 16.5. The van der Waals surface area contributed by atoms with Crippen LogP contribution in [0.5, 0.6) is 5.75 Å². The number of hydrogen-bond donors (Lipinski definition) is 2. The zero-order valence-electron chi connectivity index (χ0n) is 12.3. The van der Waals surface area contributed by atoms with Gasteiger partial charge >= 0.3 is 0 Å². The second kappa shape index (κ2) is 6.23. The maximum Gasteiger partial charge on any atom is 0.136 e. The van der Waals surface area contributed by atoms with Gasteiger partial charge in [0.05, 0.1) is 7.11 Å². The van der Waals surface area contributed by atoms with Crippen molar-refractivity contribution in [1.29, 1.82) is 0 Å². The molecule has 20 heavy (non-hydrogen) atoms. The summed E-state index contributed by atoms with van der Waals surface area (Å²) in [5.74, 6) is 3.50. The van der Waals surface area contributed by atoms with E-state index in [4.69, 9.17) is 4.74 Å². The molecule has 2 aromatic rings. The van der Waals surface area contributed by atoms with Gasteiger partial charge in [-0.3, -0.25) is 0 Å². The Balaban J connectivity index is 2.24. The van der Waals surface area contributed by atoms with Gasteiger partial charge in [-0.25, -0.2) is 9.97 Å². The summed E-state index contributed by atoms with van der Waals surface area (Å²) < 4.78 is 5.14. The van der Waals surface area contributed by atoms with Crippen molar-refractivity contribution in [1.82, 2.24) is 9.97 Å². The molecule has 0 saturated carbocycles. The molecule has 1 heterocycles. The van der Waals surface area contributed by atoms with Crippen LogP contribution in [0.1, 0.15) is 25.6 Å². The summed E-state index contributed by atoms with van der Waals surface area (Å²) >= 11 is 0. The first-order valence-corrected chi connectivity index (χ1v) is 6.60. The van der Waals surface area contributed by atoms with Gasteiger partial charge in [-0.05, 0) is 24.3 Å². The molecular weight excluding hydrogens is 252 g/mol. The largest absolute Gasteiger partial charge is 0.497 e. The predicted octanol–water partition coefficient (Wildman–Crippen LogP) is 3.39. The number of aromatic nitrogens is 2. The molecule has 106 valence electrons. The Morgan fingerprint density at radius 2 is 1.70 bits per heavy atom. The minimum atomic E-state index is 0.278. The standard InChI is InChI=1S/C15H20N4O/c1-10(2)15-18-13(16-3)9-14(19-15)17-11-5-7-12(20-4)8-6-11/h5-10H,1-4H3,(H2,16,17,18,19). The molecule has 0 aliphatic carbocycles. The molecule has 0 atom stereocenters. The Morgan fingerprint density at radius 3 is 2.25 bits per heavy atom. The van der Waals surface area contributed by atoms with Crippen LogP contribution in [0.25, 0.3) is 0 Å². The predicted molar refractivity (Wildman–Crippen MR) is 81.9 cm³/mol. The second-order valence-electron chi connectivity index (χ2n) is 4.75. The Labute approximate surface area is 119 Å². The van der Waals surface area contributed by atoms with E-state index in [2.05, 4.69) is 34.4 Å². The van der Waals surface area contributed by atoms with Crippen molar-refractivity contribution in [2.45, 2.75) is 19.8 Å². The highest BCUT2D eigenvalue weighted by Crippen LogP contribution is 2.22. The molecule has 2 N–H and O–H groups in total. The fourth-order valence-corrected chi connectivity index (χ4v) is 1.74. The molecule has 0 bridgehead atoms. The molecule has 0 aliphatic rings. The minimum absolute atomic E-state index is 0.278. The van der Waals surface area contributed by atoms with Gasteiger partial charge < -0.3 is 15.4 Å². The molecule has 1 aromatic heterocycles. The highest BCUT2D eigenvalue weighted by molar-refractivity contribution is 5.60. The van der Waals surface area contributed by atoms with Crippen molar-refractivity contribution in [2.24, 2.45) is 0 Å². The van der Waals surface area contributed by atoms with Crippen LogP contribution in [0.2, 0.25) is 0 Å². The van der Waals surface area contributed by atoms with E-state index in [0.29, 0.717) is 0 Å². The first-order valence-electron chi connectivity index (χ1n) is 6.60. The zero-order valence-corrected chi connectivity index (χ0v) is 12.3. The van der Waals surface area contributed by atoms with Crippen LogP contribution in [0, 0.1) is 0 Å². The molecule has 0 unspecified atom stereocenters. The van der Waals surface area contributed by atoms with Crippen LogP contribution in [0.4, 0.5) is 17.3 Å². The van der Waals surface area contributed by atoms with Crippen LogP contribution in [0.15, 0.2) is 30.3 Å². The second-order valence-corrected chi connectivity index (χ2v) is 4.75. The Hall–Kier alpha value is -2.30. The lowest BCUT2D eigenvalue weighted by atomic mass is 10.2. The number of rotatable bonds is 5. The van der Waals surface area contributed by atoms with E-state index in [1.54, 1.807) is 7.11 Å². The third kappa shape index (κ3) is 3.38. The fourth-order valence-electron chi connectivity index (χ4n) is 1.74. The van der Waals surface area contributed by atoms with E-state index in [9.17, 15) is 0 Å². The lowest BCUT2D eigenvalue weighted by molar-refractivity contribution is 0.415. The number of nitrogens with zero attached hydrogens (tertiary/aromatic N) is 2. The Bertz CT molecular complexity index is 567. The zero-order chi connectivity index (χ0) is 14.5. The summed E-state index contributed by atoms with van der Waals surface area (Å²) in [6.45, 7) is 4.15. The van der Waals surface area contributed by atoms with Crippen LogP contribution >= 0.6 is 0 Å². The van der Waals surface area contributed by atoms with E-state index in [1.807, 2.05) is 37.4 Å². The van der Waals surface area contributed by atoms with E-state index in [0.717, 1.165) is 28.9 Å². The van der Waals surface area contributed by atoms with Gasteiger partial charge in [-0.1, -0.05) is 13.8 Å². The summed E-state index contributed by atoms with van der Waals surface area (Å²) in [5.41, 5.74) is 0.959. The molecule has 1 aromatic carbocycles. The maximum atomic E-state index is 5.14. The van der Waals surface area contributed by atoms with Gasteiger partial charge in [-0.2, -0.15) is 0 Å². The van der Waals surface area contributed by atoms with Gasteiger partial charge in [0.1, 0.15) is 23.2 Å². The highest BCUT2D eigenvalue weighted by Gasteiger charge is 2.07. The molecule has 0 aliphatic heterocycles. The third-order valence-corrected chi connectivity index (χ3v) is 2.88. The van der Waals surface area contributed by atoms with Crippen LogP contribution < -0.4 is 15.4 Å². The quantitative estimate of drug-likeness (QED) is 0.873. The van der Waals surface area contributed by atoms with Crippen molar-refractivity contribution in [3.05, 3.63) is 36.2 Å². The SMILES string of the molecule is CNc1cc(Nc2ccc(OC)cc2)nc(C(C)C)n1. The molecule has 0 fully saturated rings. The van der Waals surface area contributed by atoms with Crippen molar-refractivity contribution in [3.63, 3.8) is 0 Å². The van der Waals surface area contributed by atoms with Crippen LogP contribution in [-0.4, -0.2) is 24.1 Å². The minimum Gasteiger partial charge on any atom is -0.497 e. The molecule has 5 heteroatoms. The number of ether oxygens (including phenoxy) is 1. The van der Waals surface area contributed by atoms with Crippen molar-refractivity contribution < 1.29 is 4.74 Å². The van der Waals surface area contributed by atoms with Gasteiger partial charge in [0, 0.05) is 24.7 Å². The molecule has 0 saturated heterocycles. The molecule has 0 amide bonds. The smallest absolute Gasteiger partial charge is 0.136 e. The monoisotopic (exact) mass is 272 g/mol.